The van der Waals surface area contributed by atoms with E-state index in [0.29, 0.717) is 30.3 Å². The Labute approximate surface area is 228 Å². The smallest absolute Gasteiger partial charge is 0.309 e. The number of methoxy groups -OCH3 is 1. The number of hydrogen-bond acceptors (Lipinski definition) is 6. The van der Waals surface area contributed by atoms with Gasteiger partial charge in [0.15, 0.2) is 11.5 Å². The molecule has 8 heteroatoms. The number of rotatable bonds is 9. The largest absolute Gasteiger partial charge is 0.497 e. The predicted molar refractivity (Wildman–Crippen MR) is 146 cm³/mol. The van der Waals surface area contributed by atoms with Crippen LogP contribution in [0.3, 0.4) is 0 Å². The maximum absolute atomic E-state index is 14.1. The lowest BCUT2D eigenvalue weighted by Gasteiger charge is -2.36. The summed E-state index contributed by atoms with van der Waals surface area (Å²) in [7, 11) is 3.41. The van der Waals surface area contributed by atoms with E-state index in [2.05, 4.69) is 4.90 Å². The third-order valence-corrected chi connectivity index (χ3v) is 7.72. The highest BCUT2D eigenvalue weighted by Crippen LogP contribution is 2.51. The molecule has 1 fully saturated rings. The van der Waals surface area contributed by atoms with Gasteiger partial charge in [0.25, 0.3) is 0 Å². The lowest BCUT2D eigenvalue weighted by atomic mass is 9.82. The summed E-state index contributed by atoms with van der Waals surface area (Å²) in [5.41, 5.74) is 2.49. The zero-order chi connectivity index (χ0) is 27.5. The van der Waals surface area contributed by atoms with Crippen LogP contribution in [0.2, 0.25) is 0 Å². The minimum absolute atomic E-state index is 0.0583. The Balaban J connectivity index is 1.65. The monoisotopic (exact) mass is 530 g/mol. The summed E-state index contributed by atoms with van der Waals surface area (Å²) in [5, 5.41) is 10.7. The van der Waals surface area contributed by atoms with Crippen LogP contribution in [0.25, 0.3) is 0 Å². The Kier molecular flexibility index (Phi) is 7.74. The van der Waals surface area contributed by atoms with E-state index >= 15 is 0 Å². The van der Waals surface area contributed by atoms with Crippen molar-refractivity contribution in [2.75, 3.05) is 34.0 Å². The van der Waals surface area contributed by atoms with E-state index in [1.54, 1.807) is 12.0 Å². The molecule has 4 unspecified atom stereocenters. The molecule has 0 aromatic heterocycles. The van der Waals surface area contributed by atoms with Crippen LogP contribution in [-0.2, 0) is 9.59 Å². The molecular weight excluding hydrogens is 496 g/mol. The van der Waals surface area contributed by atoms with E-state index in [4.69, 9.17) is 14.2 Å². The topological polar surface area (TPSA) is 88.5 Å². The number of carboxylic acid groups (broad SMARTS) is 1. The molecule has 0 aliphatic carbocycles. The molecule has 2 aliphatic heterocycles. The van der Waals surface area contributed by atoms with E-state index in [9.17, 15) is 14.7 Å². The molecule has 1 amide bonds. The highest BCUT2D eigenvalue weighted by atomic mass is 16.7. The van der Waals surface area contributed by atoms with Gasteiger partial charge < -0.3 is 24.2 Å². The molecule has 39 heavy (non-hydrogen) atoms. The number of aliphatic carboxylic acids is 1. The fraction of sp³-hybridized carbons (Fsp3) is 0.355. The molecule has 0 saturated carbocycles. The summed E-state index contributed by atoms with van der Waals surface area (Å²) in [4.78, 5) is 30.9. The summed E-state index contributed by atoms with van der Waals surface area (Å²) in [6.45, 7) is 3.16. The van der Waals surface area contributed by atoms with Gasteiger partial charge in [0, 0.05) is 32.1 Å². The molecule has 0 bridgehead atoms. The van der Waals surface area contributed by atoms with Crippen LogP contribution in [0.15, 0.2) is 72.8 Å². The average Bonchev–Trinajstić information content (AvgIpc) is 3.59. The number of carbonyl (C=O) groups is 2. The lowest BCUT2D eigenvalue weighted by molar-refractivity contribution is -0.145. The van der Waals surface area contributed by atoms with Crippen LogP contribution in [0.4, 0.5) is 0 Å². The van der Waals surface area contributed by atoms with Crippen molar-refractivity contribution in [1.29, 1.82) is 0 Å². The number of benzene rings is 3. The van der Waals surface area contributed by atoms with Gasteiger partial charge in [-0.2, -0.15) is 0 Å². The van der Waals surface area contributed by atoms with Gasteiger partial charge in [-0.25, -0.2) is 0 Å². The minimum Gasteiger partial charge on any atom is -0.497 e. The molecule has 2 aliphatic rings. The van der Waals surface area contributed by atoms with Crippen LogP contribution >= 0.6 is 0 Å². The number of nitrogens with zero attached hydrogens (tertiary/aromatic N) is 2. The number of ether oxygens (including phenoxy) is 3. The molecule has 2 heterocycles. The maximum Gasteiger partial charge on any atom is 0.309 e. The van der Waals surface area contributed by atoms with Crippen molar-refractivity contribution in [3.05, 3.63) is 89.5 Å². The van der Waals surface area contributed by atoms with Crippen LogP contribution in [-0.4, -0.2) is 60.8 Å². The van der Waals surface area contributed by atoms with Gasteiger partial charge in [0.05, 0.1) is 13.0 Å². The van der Waals surface area contributed by atoms with Crippen LogP contribution < -0.4 is 14.2 Å². The fourth-order valence-electron chi connectivity index (χ4n) is 5.88. The van der Waals surface area contributed by atoms with E-state index in [0.717, 1.165) is 23.1 Å². The summed E-state index contributed by atoms with van der Waals surface area (Å²) in [6.07, 6.45) is 0.823. The Hall–Kier alpha value is -4.04. The summed E-state index contributed by atoms with van der Waals surface area (Å²) >= 11 is 0. The lowest BCUT2D eigenvalue weighted by Crippen LogP contribution is -2.42. The van der Waals surface area contributed by atoms with Crippen LogP contribution in [0.5, 0.6) is 17.2 Å². The average molecular weight is 531 g/mol. The Bertz CT molecular complexity index is 1310. The molecular formula is C31H34N2O6. The number of hydrogen-bond donors (Lipinski definition) is 1. The summed E-state index contributed by atoms with van der Waals surface area (Å²) < 4.78 is 16.5. The molecule has 204 valence electrons. The first-order valence-electron chi connectivity index (χ1n) is 13.2. The Morgan fingerprint density at radius 1 is 1.03 bits per heavy atom. The zero-order valence-electron chi connectivity index (χ0n) is 22.4. The second kappa shape index (κ2) is 11.4. The Morgan fingerprint density at radius 2 is 1.72 bits per heavy atom. The van der Waals surface area contributed by atoms with E-state index in [1.165, 1.54) is 0 Å². The highest BCUT2D eigenvalue weighted by molar-refractivity contribution is 5.84. The maximum atomic E-state index is 14.1. The summed E-state index contributed by atoms with van der Waals surface area (Å²) in [5.74, 6) is -0.242. The number of fused-ring (bicyclic) bond motifs is 1. The number of likely N-dealkylation sites (tertiary alicyclic amines) is 1. The second-order valence-electron chi connectivity index (χ2n) is 10.1. The van der Waals surface area contributed by atoms with Gasteiger partial charge in [-0.1, -0.05) is 55.5 Å². The first kappa shape index (κ1) is 26.6. The molecule has 8 nitrogen and oxygen atoms in total. The fourth-order valence-corrected chi connectivity index (χ4v) is 5.88. The van der Waals surface area contributed by atoms with E-state index in [1.807, 2.05) is 86.8 Å². The number of likely N-dealkylation sites (N-methyl/N-ethyl adjacent to an activating group) is 1. The standard InChI is InChI=1S/C31H34N2O6/c1-4-16-32(2)30(34)29(20-8-6-5-7-9-20)33-18-24(22-12-15-25-26(17-22)39-19-38-25)27(31(35)36)28(33)21-10-13-23(37-3)14-11-21/h5-15,17,24,27-29H,4,16,18-19H2,1-3H3,(H,35,36). The SMILES string of the molecule is CCCN(C)C(=O)C(c1ccccc1)N1CC(c2ccc3c(c2)OCO3)C(C(=O)O)C1c1ccc(OC)cc1. The molecule has 3 aromatic carbocycles. The number of carbonyl (C=O) groups excluding carboxylic acids is 1. The molecule has 4 atom stereocenters. The number of carboxylic acids is 1. The zero-order valence-corrected chi connectivity index (χ0v) is 22.4. The molecule has 5 rings (SSSR count). The predicted octanol–water partition coefficient (Wildman–Crippen LogP) is 4.87. The molecule has 0 radical (unpaired) electrons. The van der Waals surface area contributed by atoms with Crippen LogP contribution in [0.1, 0.15) is 48.0 Å². The van der Waals surface area contributed by atoms with E-state index in [-0.39, 0.29) is 18.6 Å². The van der Waals surface area contributed by atoms with Gasteiger partial charge in [-0.15, -0.1) is 0 Å². The van der Waals surface area contributed by atoms with Crippen molar-refractivity contribution in [3.63, 3.8) is 0 Å². The van der Waals surface area contributed by atoms with Gasteiger partial charge in [-0.05, 0) is 47.4 Å². The van der Waals surface area contributed by atoms with Crippen molar-refractivity contribution in [2.45, 2.75) is 31.3 Å². The first-order chi connectivity index (χ1) is 18.9. The minimum atomic E-state index is -0.915. The van der Waals surface area contributed by atoms with Crippen molar-refractivity contribution in [3.8, 4) is 17.2 Å². The van der Waals surface area contributed by atoms with Crippen molar-refractivity contribution < 1.29 is 28.9 Å². The molecule has 1 saturated heterocycles. The first-order valence-corrected chi connectivity index (χ1v) is 13.2. The second-order valence-corrected chi connectivity index (χ2v) is 10.1. The van der Waals surface area contributed by atoms with Crippen molar-refractivity contribution in [2.24, 2.45) is 5.92 Å². The normalized spacial score (nSPS) is 20.9. The third kappa shape index (κ3) is 5.16. The van der Waals surface area contributed by atoms with Crippen molar-refractivity contribution >= 4 is 11.9 Å². The molecule has 1 N–H and O–H groups in total. The van der Waals surface area contributed by atoms with E-state index < -0.39 is 24.0 Å². The number of amides is 1. The summed E-state index contributed by atoms with van der Waals surface area (Å²) in [6, 6.07) is 21.5. The molecule has 0 spiro atoms. The van der Waals surface area contributed by atoms with Crippen LogP contribution in [0, 0.1) is 5.92 Å². The van der Waals surface area contributed by atoms with Gasteiger partial charge >= 0.3 is 5.97 Å². The van der Waals surface area contributed by atoms with Crippen molar-refractivity contribution in [1.82, 2.24) is 9.80 Å². The quantitative estimate of drug-likeness (QED) is 0.422. The van der Waals surface area contributed by atoms with Gasteiger partial charge in [0.2, 0.25) is 12.7 Å². The third-order valence-electron chi connectivity index (χ3n) is 7.72. The van der Waals surface area contributed by atoms with Gasteiger partial charge in [-0.3, -0.25) is 14.5 Å². The molecule has 3 aromatic rings. The van der Waals surface area contributed by atoms with Gasteiger partial charge in [0.1, 0.15) is 11.8 Å². The highest BCUT2D eigenvalue weighted by Gasteiger charge is 2.51. The Morgan fingerprint density at radius 3 is 2.38 bits per heavy atom.